The van der Waals surface area contributed by atoms with E-state index in [2.05, 4.69) is 28.8 Å². The Kier molecular flexibility index (Phi) is 4.76. The molecule has 2 aromatic heterocycles. The number of carbonyl (C=O) groups excluding carboxylic acids is 1. The summed E-state index contributed by atoms with van der Waals surface area (Å²) >= 11 is 0.781. The molecule has 130 valence electrons. The SMILES string of the molecule is [C-]#[N+]C(N=Nc1ccc(S(N)(=O)=O)c2nsnc12)C(=O)c1ccccn1. The minimum absolute atomic E-state index is 0.0596. The van der Waals surface area contributed by atoms with Crippen LogP contribution in [-0.2, 0) is 10.0 Å². The molecule has 0 spiro atoms. The molecule has 0 radical (unpaired) electrons. The van der Waals surface area contributed by atoms with E-state index in [0.29, 0.717) is 0 Å². The average Bonchev–Trinajstić information content (AvgIpc) is 3.11. The number of carbonyl (C=O) groups is 1. The van der Waals surface area contributed by atoms with Gasteiger partial charge in [-0.05, 0) is 24.3 Å². The Hall–Kier alpha value is -3.14. The van der Waals surface area contributed by atoms with Crippen LogP contribution in [0.1, 0.15) is 10.5 Å². The van der Waals surface area contributed by atoms with Crippen LogP contribution in [0.4, 0.5) is 5.69 Å². The lowest BCUT2D eigenvalue weighted by atomic mass is 10.2. The average molecular weight is 387 g/mol. The smallest absolute Gasteiger partial charge is 0.281 e. The van der Waals surface area contributed by atoms with Crippen LogP contribution in [0, 0.1) is 6.57 Å². The molecule has 0 saturated carbocycles. The third-order valence-electron chi connectivity index (χ3n) is 3.21. The molecular weight excluding hydrogens is 378 g/mol. The van der Waals surface area contributed by atoms with Gasteiger partial charge < -0.3 is 0 Å². The van der Waals surface area contributed by atoms with Gasteiger partial charge in [0.05, 0.1) is 11.7 Å². The van der Waals surface area contributed by atoms with Gasteiger partial charge in [0.1, 0.15) is 27.3 Å². The molecule has 1 unspecified atom stereocenters. The van der Waals surface area contributed by atoms with Crippen LogP contribution in [0.3, 0.4) is 0 Å². The van der Waals surface area contributed by atoms with Crippen LogP contribution in [0.5, 0.6) is 0 Å². The lowest BCUT2D eigenvalue weighted by Gasteiger charge is -2.01. The van der Waals surface area contributed by atoms with Gasteiger partial charge in [-0.25, -0.2) is 20.1 Å². The predicted molar refractivity (Wildman–Crippen MR) is 92.3 cm³/mol. The maximum Gasteiger partial charge on any atom is 0.396 e. The lowest BCUT2D eigenvalue weighted by molar-refractivity contribution is 0.0971. The van der Waals surface area contributed by atoms with Crippen LogP contribution in [0.2, 0.25) is 0 Å². The van der Waals surface area contributed by atoms with Crippen molar-refractivity contribution in [3.8, 4) is 0 Å². The molecular formula is C14H9N7O3S2. The number of hydrogen-bond acceptors (Lipinski definition) is 9. The fourth-order valence-corrected chi connectivity index (χ4v) is 3.33. The molecule has 2 heterocycles. The number of nitrogens with two attached hydrogens (primary N) is 1. The number of hydrogen-bond donors (Lipinski definition) is 1. The molecule has 10 nitrogen and oxygen atoms in total. The molecule has 0 amide bonds. The van der Waals surface area contributed by atoms with Crippen molar-refractivity contribution in [3.63, 3.8) is 0 Å². The quantitative estimate of drug-likeness (QED) is 0.402. The highest BCUT2D eigenvalue weighted by Gasteiger charge is 2.26. The van der Waals surface area contributed by atoms with E-state index in [1.165, 1.54) is 24.4 Å². The first-order chi connectivity index (χ1) is 12.4. The van der Waals surface area contributed by atoms with E-state index in [4.69, 9.17) is 11.7 Å². The monoisotopic (exact) mass is 387 g/mol. The topological polar surface area (TPSA) is 145 Å². The van der Waals surface area contributed by atoms with Gasteiger partial charge in [-0.1, -0.05) is 11.2 Å². The summed E-state index contributed by atoms with van der Waals surface area (Å²) in [7, 11) is -3.98. The number of Topliss-reactive ketones (excluding diaryl/α,β-unsaturated/α-hetero) is 1. The van der Waals surface area contributed by atoms with Crippen molar-refractivity contribution in [1.82, 2.24) is 13.7 Å². The van der Waals surface area contributed by atoms with Gasteiger partial charge in [0.2, 0.25) is 10.0 Å². The molecule has 0 bridgehead atoms. The summed E-state index contributed by atoms with van der Waals surface area (Å²) in [4.78, 5) is 19.1. The summed E-state index contributed by atoms with van der Waals surface area (Å²) in [6.45, 7) is 7.16. The second-order valence-corrected chi connectivity index (χ2v) is 6.95. The highest BCUT2D eigenvalue weighted by atomic mass is 32.2. The standard InChI is InChI=1S/C14H9N7O3S2/c1-16-14(13(22)9-4-2-3-7-17-9)19-18-8-5-6-10(26(15,23)24)12-11(8)20-25-21-12/h2-7,14H,(H2,15,23,24). The van der Waals surface area contributed by atoms with E-state index >= 15 is 0 Å². The molecule has 2 N–H and O–H groups in total. The van der Waals surface area contributed by atoms with Gasteiger partial charge in [-0.15, -0.1) is 5.11 Å². The Morgan fingerprint density at radius 1 is 1.23 bits per heavy atom. The van der Waals surface area contributed by atoms with Crippen molar-refractivity contribution in [3.05, 3.63) is 53.6 Å². The molecule has 0 saturated heterocycles. The molecule has 1 aromatic carbocycles. The number of ketones is 1. The van der Waals surface area contributed by atoms with Gasteiger partial charge in [-0.2, -0.15) is 8.75 Å². The minimum Gasteiger partial charge on any atom is -0.281 e. The summed E-state index contributed by atoms with van der Waals surface area (Å²) in [5.74, 6) is -0.599. The summed E-state index contributed by atoms with van der Waals surface area (Å²) in [5, 5.41) is 12.8. The number of pyridine rings is 1. The Morgan fingerprint density at radius 2 is 2.00 bits per heavy atom. The van der Waals surface area contributed by atoms with Crippen molar-refractivity contribution in [2.24, 2.45) is 15.4 Å². The largest absolute Gasteiger partial charge is 0.396 e. The number of rotatable bonds is 5. The zero-order valence-corrected chi connectivity index (χ0v) is 14.5. The number of nitrogens with zero attached hydrogens (tertiary/aromatic N) is 6. The number of benzene rings is 1. The number of azo groups is 1. The van der Waals surface area contributed by atoms with Crippen molar-refractivity contribution in [2.45, 2.75) is 11.1 Å². The fraction of sp³-hybridized carbons (Fsp3) is 0.0714. The second kappa shape index (κ2) is 7.00. The van der Waals surface area contributed by atoms with E-state index in [-0.39, 0.29) is 27.3 Å². The van der Waals surface area contributed by atoms with Crippen molar-refractivity contribution in [2.75, 3.05) is 0 Å². The van der Waals surface area contributed by atoms with E-state index in [1.807, 2.05) is 0 Å². The van der Waals surface area contributed by atoms with Crippen LogP contribution >= 0.6 is 11.7 Å². The van der Waals surface area contributed by atoms with E-state index in [0.717, 1.165) is 11.7 Å². The van der Waals surface area contributed by atoms with Gasteiger partial charge in [-0.3, -0.25) is 14.6 Å². The third-order valence-corrected chi connectivity index (χ3v) is 4.68. The molecule has 3 aromatic rings. The predicted octanol–water partition coefficient (Wildman–Crippen LogP) is 1.95. The summed E-state index contributed by atoms with van der Waals surface area (Å²) < 4.78 is 31.1. The Morgan fingerprint density at radius 3 is 2.65 bits per heavy atom. The molecule has 3 rings (SSSR count). The molecule has 12 heteroatoms. The number of fused-ring (bicyclic) bond motifs is 1. The Balaban J connectivity index is 1.97. The molecule has 1 atom stereocenters. The Bertz CT molecular complexity index is 1150. The summed E-state index contributed by atoms with van der Waals surface area (Å²) in [5.41, 5.74) is 0.491. The van der Waals surface area contributed by atoms with Gasteiger partial charge in [0, 0.05) is 6.20 Å². The van der Waals surface area contributed by atoms with Crippen LogP contribution < -0.4 is 5.14 Å². The molecule has 26 heavy (non-hydrogen) atoms. The summed E-state index contributed by atoms with van der Waals surface area (Å²) in [6.07, 6.45) is 0.0199. The summed E-state index contributed by atoms with van der Waals surface area (Å²) in [6, 6.07) is 7.29. The van der Waals surface area contributed by atoms with Crippen LogP contribution in [0.15, 0.2) is 51.7 Å². The van der Waals surface area contributed by atoms with Gasteiger partial charge in [0.25, 0.3) is 5.78 Å². The molecule has 0 aliphatic heterocycles. The zero-order valence-electron chi connectivity index (χ0n) is 12.8. The highest BCUT2D eigenvalue weighted by molar-refractivity contribution is 7.89. The first kappa shape index (κ1) is 17.7. The third kappa shape index (κ3) is 3.45. The number of primary sulfonamides is 1. The van der Waals surface area contributed by atoms with Gasteiger partial charge >= 0.3 is 6.17 Å². The Labute approximate surface area is 151 Å². The number of sulfonamides is 1. The number of aromatic nitrogens is 3. The molecule has 0 aliphatic rings. The first-order valence-corrected chi connectivity index (χ1v) is 9.20. The van der Waals surface area contributed by atoms with Crippen LogP contribution in [0.25, 0.3) is 15.9 Å². The fourth-order valence-electron chi connectivity index (χ4n) is 2.04. The first-order valence-electron chi connectivity index (χ1n) is 6.92. The molecule has 0 fully saturated rings. The van der Waals surface area contributed by atoms with E-state index in [1.54, 1.807) is 12.1 Å². The maximum absolute atomic E-state index is 12.2. The van der Waals surface area contributed by atoms with E-state index in [9.17, 15) is 13.2 Å². The lowest BCUT2D eigenvalue weighted by Crippen LogP contribution is -2.15. The molecule has 0 aliphatic carbocycles. The zero-order chi connectivity index (χ0) is 18.7. The van der Waals surface area contributed by atoms with Gasteiger partial charge in [0.15, 0.2) is 0 Å². The van der Waals surface area contributed by atoms with Crippen molar-refractivity contribution >= 4 is 44.3 Å². The maximum atomic E-state index is 12.2. The normalized spacial score (nSPS) is 12.9. The van der Waals surface area contributed by atoms with Crippen LogP contribution in [-0.4, -0.2) is 34.1 Å². The minimum atomic E-state index is -3.98. The highest BCUT2D eigenvalue weighted by Crippen LogP contribution is 2.29. The van der Waals surface area contributed by atoms with E-state index < -0.39 is 22.0 Å². The van der Waals surface area contributed by atoms with Crippen molar-refractivity contribution in [1.29, 1.82) is 0 Å². The van der Waals surface area contributed by atoms with Crippen molar-refractivity contribution < 1.29 is 13.2 Å². The second-order valence-electron chi connectivity index (χ2n) is 4.89.